The lowest BCUT2D eigenvalue weighted by atomic mass is 10.0. The first-order valence-corrected chi connectivity index (χ1v) is 12.0. The van der Waals surface area contributed by atoms with Crippen LogP contribution in [0, 0.1) is 6.57 Å². The Morgan fingerprint density at radius 2 is 1.21 bits per heavy atom. The summed E-state index contributed by atoms with van der Waals surface area (Å²) in [6.45, 7) is 7.78. The molecule has 7 aromatic rings. The molecule has 2 aromatic heterocycles. The minimum Gasteiger partial charge on any atom is -0.310 e. The molecule has 0 aliphatic rings. The van der Waals surface area contributed by atoms with Crippen molar-refractivity contribution in [3.05, 3.63) is 121 Å². The smallest absolute Gasteiger partial charge is 0.189 e. The summed E-state index contributed by atoms with van der Waals surface area (Å²) in [6.07, 6.45) is 0. The highest BCUT2D eigenvalue weighted by Crippen LogP contribution is 2.39. The van der Waals surface area contributed by atoms with Crippen molar-refractivity contribution >= 4 is 59.0 Å². The zero-order chi connectivity index (χ0) is 22.6. The van der Waals surface area contributed by atoms with Crippen LogP contribution in [0.15, 0.2) is 109 Å². The second-order valence-electron chi connectivity index (χ2n) is 8.53. The van der Waals surface area contributed by atoms with Gasteiger partial charge in [0.15, 0.2) is 5.69 Å². The average molecular weight is 451 g/mol. The van der Waals surface area contributed by atoms with Gasteiger partial charge in [-0.25, -0.2) is 4.85 Å². The van der Waals surface area contributed by atoms with Crippen LogP contribution >= 0.6 is 11.3 Å². The molecule has 2 nitrogen and oxygen atoms in total. The Balaban J connectivity index is 1.50. The van der Waals surface area contributed by atoms with Gasteiger partial charge < -0.3 is 4.57 Å². The number of benzene rings is 5. The summed E-state index contributed by atoms with van der Waals surface area (Å²) in [7, 11) is 0. The van der Waals surface area contributed by atoms with E-state index in [0.717, 1.165) is 27.8 Å². The lowest BCUT2D eigenvalue weighted by Gasteiger charge is -2.12. The van der Waals surface area contributed by atoms with Crippen LogP contribution < -0.4 is 0 Å². The maximum absolute atomic E-state index is 7.78. The molecule has 158 valence electrons. The largest absolute Gasteiger partial charge is 0.310 e. The Kier molecular flexibility index (Phi) is 4.11. The molecular weight excluding hydrogens is 432 g/mol. The van der Waals surface area contributed by atoms with E-state index < -0.39 is 0 Å². The Bertz CT molecular complexity index is 1880. The molecule has 0 N–H and O–H groups in total. The molecule has 34 heavy (non-hydrogen) atoms. The van der Waals surface area contributed by atoms with E-state index in [2.05, 4.69) is 106 Å². The molecule has 7 rings (SSSR count). The van der Waals surface area contributed by atoms with E-state index in [4.69, 9.17) is 6.57 Å². The molecule has 0 atom stereocenters. The molecule has 0 saturated carbocycles. The van der Waals surface area contributed by atoms with E-state index in [9.17, 15) is 0 Å². The maximum Gasteiger partial charge on any atom is 0.189 e. The van der Waals surface area contributed by atoms with Gasteiger partial charge in [-0.3, -0.25) is 0 Å². The second-order valence-corrected chi connectivity index (χ2v) is 9.61. The molecule has 0 aliphatic heterocycles. The molecule has 0 spiro atoms. The van der Waals surface area contributed by atoms with Crippen LogP contribution in [0.2, 0.25) is 0 Å². The number of fused-ring (bicyclic) bond motifs is 6. The number of para-hydroxylation sites is 2. The first kappa shape index (κ1) is 19.1. The summed E-state index contributed by atoms with van der Waals surface area (Å²) in [5, 5.41) is 5.00. The lowest BCUT2D eigenvalue weighted by Crippen LogP contribution is -1.94. The highest BCUT2D eigenvalue weighted by molar-refractivity contribution is 7.25. The molecule has 3 heteroatoms. The number of aromatic nitrogens is 1. The van der Waals surface area contributed by atoms with Crippen molar-refractivity contribution in [1.82, 2.24) is 4.57 Å². The molecule has 0 bridgehead atoms. The highest BCUT2D eigenvalue weighted by atomic mass is 32.1. The van der Waals surface area contributed by atoms with Crippen molar-refractivity contribution in [2.45, 2.75) is 0 Å². The van der Waals surface area contributed by atoms with Gasteiger partial charge in [-0.1, -0.05) is 60.7 Å². The number of hydrogen-bond acceptors (Lipinski definition) is 1. The molecule has 0 unspecified atom stereocenters. The minimum atomic E-state index is 0.643. The lowest BCUT2D eigenvalue weighted by molar-refractivity contribution is 1.18. The second kappa shape index (κ2) is 7.31. The Hall–Kier alpha value is -4.39. The monoisotopic (exact) mass is 450 g/mol. The van der Waals surface area contributed by atoms with Crippen LogP contribution in [0.4, 0.5) is 5.69 Å². The zero-order valence-corrected chi connectivity index (χ0v) is 19.0. The molecule has 0 saturated heterocycles. The number of hydrogen-bond donors (Lipinski definition) is 0. The normalized spacial score (nSPS) is 11.5. The van der Waals surface area contributed by atoms with E-state index in [1.165, 1.54) is 30.9 Å². The maximum atomic E-state index is 7.78. The number of nitrogens with zero attached hydrogens (tertiary/aromatic N) is 2. The van der Waals surface area contributed by atoms with Crippen molar-refractivity contribution in [2.24, 2.45) is 0 Å². The van der Waals surface area contributed by atoms with Crippen LogP contribution in [-0.2, 0) is 0 Å². The van der Waals surface area contributed by atoms with E-state index in [0.29, 0.717) is 5.69 Å². The van der Waals surface area contributed by atoms with Gasteiger partial charge in [-0.05, 0) is 59.7 Å². The van der Waals surface area contributed by atoms with Gasteiger partial charge in [0.05, 0.1) is 17.6 Å². The van der Waals surface area contributed by atoms with Gasteiger partial charge in [0, 0.05) is 36.6 Å². The number of rotatable bonds is 2. The van der Waals surface area contributed by atoms with Crippen LogP contribution in [0.5, 0.6) is 0 Å². The van der Waals surface area contributed by atoms with Crippen molar-refractivity contribution in [1.29, 1.82) is 0 Å². The van der Waals surface area contributed by atoms with E-state index in [-0.39, 0.29) is 0 Å². The van der Waals surface area contributed by atoms with Crippen molar-refractivity contribution < 1.29 is 0 Å². The topological polar surface area (TPSA) is 9.29 Å². The average Bonchev–Trinajstić information content (AvgIpc) is 3.44. The third-order valence-corrected chi connectivity index (χ3v) is 7.73. The molecule has 0 aliphatic carbocycles. The standard InChI is InChI=1S/C31H18N2S/c1-32-22-16-21(20-14-15-31-27(18-20)26-10-4-7-13-30(26)34-31)17-23(19-22)33-28-11-5-2-8-24(28)25-9-3-6-12-29(25)33/h2-19H. The highest BCUT2D eigenvalue weighted by Gasteiger charge is 2.14. The molecular formula is C31H18N2S. The molecule has 0 amide bonds. The van der Waals surface area contributed by atoms with E-state index >= 15 is 0 Å². The molecule has 5 aromatic carbocycles. The van der Waals surface area contributed by atoms with Crippen LogP contribution in [0.3, 0.4) is 0 Å². The van der Waals surface area contributed by atoms with Gasteiger partial charge in [-0.15, -0.1) is 11.3 Å². The SMILES string of the molecule is [C-]#[N+]c1cc(-c2ccc3sc4ccccc4c3c2)cc(-n2c3ccccc3c3ccccc32)c1. The van der Waals surface area contributed by atoms with Crippen LogP contribution in [0.25, 0.3) is 63.6 Å². The van der Waals surface area contributed by atoms with E-state index in [1.54, 1.807) is 0 Å². The van der Waals surface area contributed by atoms with Crippen LogP contribution in [0.1, 0.15) is 0 Å². The first-order valence-electron chi connectivity index (χ1n) is 11.2. The molecule has 2 heterocycles. The minimum absolute atomic E-state index is 0.643. The summed E-state index contributed by atoms with van der Waals surface area (Å²) in [5.74, 6) is 0. The van der Waals surface area contributed by atoms with Gasteiger partial charge in [0.2, 0.25) is 0 Å². The number of thiophene rings is 1. The Morgan fingerprint density at radius 1 is 0.559 bits per heavy atom. The quantitative estimate of drug-likeness (QED) is 0.232. The van der Waals surface area contributed by atoms with Gasteiger partial charge >= 0.3 is 0 Å². The predicted octanol–water partition coefficient (Wildman–Crippen LogP) is 9.37. The fourth-order valence-corrected chi connectivity index (χ4v) is 6.15. The van der Waals surface area contributed by atoms with E-state index in [1.807, 2.05) is 23.5 Å². The van der Waals surface area contributed by atoms with Crippen LogP contribution in [-0.4, -0.2) is 4.57 Å². The molecule has 0 radical (unpaired) electrons. The predicted molar refractivity (Wildman–Crippen MR) is 145 cm³/mol. The van der Waals surface area contributed by atoms with Gasteiger partial charge in [0.25, 0.3) is 0 Å². The van der Waals surface area contributed by atoms with Crippen molar-refractivity contribution in [2.75, 3.05) is 0 Å². The summed E-state index contributed by atoms with van der Waals surface area (Å²) < 4.78 is 4.87. The van der Waals surface area contributed by atoms with Gasteiger partial charge in [0.1, 0.15) is 0 Å². The van der Waals surface area contributed by atoms with Gasteiger partial charge in [-0.2, -0.15) is 0 Å². The van der Waals surface area contributed by atoms with Crippen molar-refractivity contribution in [3.63, 3.8) is 0 Å². The summed E-state index contributed by atoms with van der Waals surface area (Å²) in [6, 6.07) is 38.4. The summed E-state index contributed by atoms with van der Waals surface area (Å²) in [4.78, 5) is 3.83. The fourth-order valence-electron chi connectivity index (χ4n) is 5.06. The zero-order valence-electron chi connectivity index (χ0n) is 18.2. The molecule has 0 fully saturated rings. The Morgan fingerprint density at radius 3 is 1.94 bits per heavy atom. The summed E-state index contributed by atoms with van der Waals surface area (Å²) in [5.41, 5.74) is 6.14. The third-order valence-electron chi connectivity index (χ3n) is 6.58. The Labute approximate surface area is 200 Å². The van der Waals surface area contributed by atoms with Crippen molar-refractivity contribution in [3.8, 4) is 16.8 Å². The first-order chi connectivity index (χ1) is 16.8. The fraction of sp³-hybridized carbons (Fsp3) is 0. The third kappa shape index (κ3) is 2.80. The summed E-state index contributed by atoms with van der Waals surface area (Å²) >= 11 is 1.82.